The average molecular weight is 260 g/mol. The fourth-order valence-electron chi connectivity index (χ4n) is 1.38. The van der Waals surface area contributed by atoms with Crippen LogP contribution in [0.5, 0.6) is 0 Å². The summed E-state index contributed by atoms with van der Waals surface area (Å²) in [5, 5.41) is 5.72. The molecule has 0 saturated heterocycles. The van der Waals surface area contributed by atoms with Crippen LogP contribution in [0.25, 0.3) is 0 Å². The first-order valence-corrected chi connectivity index (χ1v) is 6.31. The van der Waals surface area contributed by atoms with Gasteiger partial charge < -0.3 is 20.1 Å². The van der Waals surface area contributed by atoms with Crippen LogP contribution in [0.3, 0.4) is 0 Å². The van der Waals surface area contributed by atoms with E-state index >= 15 is 0 Å². The van der Waals surface area contributed by atoms with Crippen LogP contribution >= 0.6 is 0 Å². The number of carbonyl (C=O) groups is 2. The van der Waals surface area contributed by atoms with Gasteiger partial charge in [-0.25, -0.2) is 0 Å². The molecule has 0 aliphatic heterocycles. The van der Waals surface area contributed by atoms with E-state index in [0.717, 1.165) is 0 Å². The zero-order valence-corrected chi connectivity index (χ0v) is 11.5. The van der Waals surface area contributed by atoms with Crippen molar-refractivity contribution in [2.75, 3.05) is 33.4 Å². The molecule has 106 valence electrons. The maximum Gasteiger partial charge on any atom is 0.323 e. The quantitative estimate of drug-likeness (QED) is 0.429. The molecule has 0 heterocycles. The Balaban J connectivity index is 3.72. The lowest BCUT2D eigenvalue weighted by molar-refractivity contribution is -0.145. The second-order valence-electron chi connectivity index (χ2n) is 3.76. The zero-order valence-electron chi connectivity index (χ0n) is 11.5. The van der Waals surface area contributed by atoms with Crippen molar-refractivity contribution >= 4 is 11.9 Å². The van der Waals surface area contributed by atoms with Gasteiger partial charge in [-0.15, -0.1) is 0 Å². The standard InChI is InChI=1S/C12H24N2O4/c1-4-10(12(16)18-5-2)13-7-6-11(15)14-8-9-17-3/h10,13H,4-9H2,1-3H3,(H,14,15). The number of esters is 1. The summed E-state index contributed by atoms with van der Waals surface area (Å²) in [5.41, 5.74) is 0. The van der Waals surface area contributed by atoms with Gasteiger partial charge in [-0.05, 0) is 13.3 Å². The summed E-state index contributed by atoms with van der Waals surface area (Å²) in [6.07, 6.45) is 0.976. The number of carbonyl (C=O) groups excluding carboxylic acids is 2. The van der Waals surface area contributed by atoms with E-state index in [1.54, 1.807) is 14.0 Å². The van der Waals surface area contributed by atoms with E-state index in [0.29, 0.717) is 39.1 Å². The molecule has 0 aromatic rings. The Bertz CT molecular complexity index is 246. The topological polar surface area (TPSA) is 76.7 Å². The highest BCUT2D eigenvalue weighted by Gasteiger charge is 2.16. The molecule has 0 saturated carbocycles. The highest BCUT2D eigenvalue weighted by molar-refractivity contribution is 5.77. The first kappa shape index (κ1) is 16.9. The number of hydrogen-bond acceptors (Lipinski definition) is 5. The predicted molar refractivity (Wildman–Crippen MR) is 68.2 cm³/mol. The van der Waals surface area contributed by atoms with E-state index in [4.69, 9.17) is 9.47 Å². The normalized spacial score (nSPS) is 11.9. The van der Waals surface area contributed by atoms with Gasteiger partial charge in [0.15, 0.2) is 0 Å². The molecule has 0 fully saturated rings. The largest absolute Gasteiger partial charge is 0.465 e. The molecule has 0 aromatic heterocycles. The second-order valence-corrected chi connectivity index (χ2v) is 3.76. The van der Waals surface area contributed by atoms with E-state index in [9.17, 15) is 9.59 Å². The lowest BCUT2D eigenvalue weighted by atomic mass is 10.2. The van der Waals surface area contributed by atoms with Crippen LogP contribution in [-0.2, 0) is 19.1 Å². The molecule has 0 radical (unpaired) electrons. The SMILES string of the molecule is CCOC(=O)C(CC)NCCC(=O)NCCOC. The fraction of sp³-hybridized carbons (Fsp3) is 0.833. The van der Waals surface area contributed by atoms with Gasteiger partial charge in [0.2, 0.25) is 5.91 Å². The van der Waals surface area contributed by atoms with Crippen LogP contribution in [0, 0.1) is 0 Å². The van der Waals surface area contributed by atoms with Crippen LogP contribution < -0.4 is 10.6 Å². The van der Waals surface area contributed by atoms with Crippen LogP contribution in [0.2, 0.25) is 0 Å². The Morgan fingerprint density at radius 3 is 2.50 bits per heavy atom. The van der Waals surface area contributed by atoms with Gasteiger partial charge in [0.25, 0.3) is 0 Å². The molecular formula is C12H24N2O4. The predicted octanol–water partition coefficient (Wildman–Crippen LogP) is 0.0704. The highest BCUT2D eigenvalue weighted by Crippen LogP contribution is 1.95. The Kier molecular flexibility index (Phi) is 10.3. The van der Waals surface area contributed by atoms with Crippen LogP contribution in [0.15, 0.2) is 0 Å². The molecule has 0 aliphatic rings. The first-order chi connectivity index (χ1) is 8.65. The molecular weight excluding hydrogens is 236 g/mol. The minimum atomic E-state index is -0.336. The van der Waals surface area contributed by atoms with Gasteiger partial charge >= 0.3 is 5.97 Å². The molecule has 0 spiro atoms. The highest BCUT2D eigenvalue weighted by atomic mass is 16.5. The summed E-state index contributed by atoms with van der Waals surface area (Å²) in [6.45, 7) is 5.50. The Hall–Kier alpha value is -1.14. The second kappa shape index (κ2) is 11.0. The monoisotopic (exact) mass is 260 g/mol. The molecule has 0 aromatic carbocycles. The van der Waals surface area contributed by atoms with Crippen LogP contribution in [0.4, 0.5) is 0 Å². The molecule has 2 N–H and O–H groups in total. The van der Waals surface area contributed by atoms with E-state index < -0.39 is 0 Å². The van der Waals surface area contributed by atoms with Crippen molar-refractivity contribution < 1.29 is 19.1 Å². The molecule has 6 nitrogen and oxygen atoms in total. The van der Waals surface area contributed by atoms with Gasteiger partial charge in [0.1, 0.15) is 6.04 Å². The molecule has 1 unspecified atom stereocenters. The van der Waals surface area contributed by atoms with Crippen LogP contribution in [0.1, 0.15) is 26.7 Å². The number of hydrogen-bond donors (Lipinski definition) is 2. The molecule has 1 atom stereocenters. The van der Waals surface area contributed by atoms with E-state index in [-0.39, 0.29) is 17.9 Å². The van der Waals surface area contributed by atoms with Crippen molar-refractivity contribution in [1.82, 2.24) is 10.6 Å². The molecule has 6 heteroatoms. The summed E-state index contributed by atoms with van der Waals surface area (Å²) in [6, 6.07) is -0.336. The van der Waals surface area contributed by atoms with Gasteiger partial charge in [-0.2, -0.15) is 0 Å². The third-order valence-corrected chi connectivity index (χ3v) is 2.35. The van der Waals surface area contributed by atoms with Gasteiger partial charge in [-0.1, -0.05) is 6.92 Å². The first-order valence-electron chi connectivity index (χ1n) is 6.31. The minimum Gasteiger partial charge on any atom is -0.465 e. The van der Waals surface area contributed by atoms with Gasteiger partial charge in [0.05, 0.1) is 13.2 Å². The smallest absolute Gasteiger partial charge is 0.323 e. The maximum absolute atomic E-state index is 11.5. The summed E-state index contributed by atoms with van der Waals surface area (Å²) >= 11 is 0. The van der Waals surface area contributed by atoms with E-state index in [1.807, 2.05) is 6.92 Å². The van der Waals surface area contributed by atoms with Crippen molar-refractivity contribution in [2.24, 2.45) is 0 Å². The Labute approximate surface area is 108 Å². The maximum atomic E-state index is 11.5. The van der Waals surface area contributed by atoms with Crippen molar-refractivity contribution in [3.8, 4) is 0 Å². The number of nitrogens with one attached hydrogen (secondary N) is 2. The number of amides is 1. The number of rotatable bonds is 10. The van der Waals surface area contributed by atoms with E-state index in [2.05, 4.69) is 10.6 Å². The van der Waals surface area contributed by atoms with Crippen molar-refractivity contribution in [3.05, 3.63) is 0 Å². The Morgan fingerprint density at radius 1 is 1.22 bits per heavy atom. The summed E-state index contributed by atoms with van der Waals surface area (Å²) < 4.78 is 9.73. The minimum absolute atomic E-state index is 0.0572. The Morgan fingerprint density at radius 2 is 1.94 bits per heavy atom. The third-order valence-electron chi connectivity index (χ3n) is 2.35. The average Bonchev–Trinajstić information content (AvgIpc) is 2.35. The molecule has 0 bridgehead atoms. The lowest BCUT2D eigenvalue weighted by Crippen LogP contribution is -2.39. The molecule has 18 heavy (non-hydrogen) atoms. The molecule has 1 amide bonds. The summed E-state index contributed by atoms with van der Waals surface area (Å²) in [7, 11) is 1.58. The van der Waals surface area contributed by atoms with Crippen molar-refractivity contribution in [3.63, 3.8) is 0 Å². The lowest BCUT2D eigenvalue weighted by Gasteiger charge is -2.15. The number of ether oxygens (including phenoxy) is 2. The van der Waals surface area contributed by atoms with Gasteiger partial charge in [-0.3, -0.25) is 9.59 Å². The molecule has 0 rings (SSSR count). The van der Waals surface area contributed by atoms with Crippen LogP contribution in [-0.4, -0.2) is 51.3 Å². The molecule has 0 aliphatic carbocycles. The zero-order chi connectivity index (χ0) is 13.8. The van der Waals surface area contributed by atoms with Crippen molar-refractivity contribution in [1.29, 1.82) is 0 Å². The van der Waals surface area contributed by atoms with E-state index in [1.165, 1.54) is 0 Å². The summed E-state index contributed by atoms with van der Waals surface area (Å²) in [4.78, 5) is 22.8. The van der Waals surface area contributed by atoms with Crippen molar-refractivity contribution in [2.45, 2.75) is 32.7 Å². The third kappa shape index (κ3) is 8.03. The summed E-state index contributed by atoms with van der Waals surface area (Å²) in [5.74, 6) is -0.321. The van der Waals surface area contributed by atoms with Gasteiger partial charge in [0, 0.05) is 26.6 Å². The fourth-order valence-corrected chi connectivity index (χ4v) is 1.38. The number of methoxy groups -OCH3 is 1.